The summed E-state index contributed by atoms with van der Waals surface area (Å²) in [5.74, 6) is -1.26. The zero-order chi connectivity index (χ0) is 27.6. The Morgan fingerprint density at radius 3 is 2.65 bits per heavy atom. The number of amides is 2. The number of nitrogens with zero attached hydrogens (tertiary/aromatic N) is 7. The lowest BCUT2D eigenvalue weighted by Crippen LogP contribution is -2.37. The Morgan fingerprint density at radius 1 is 1.00 bits per heavy atom. The fraction of sp³-hybridized carbons (Fsp3) is 0.214. The van der Waals surface area contributed by atoms with Gasteiger partial charge in [-0.1, -0.05) is 0 Å². The van der Waals surface area contributed by atoms with Gasteiger partial charge in [0.1, 0.15) is 11.5 Å². The number of carbonyl (C=O) groups excluding carboxylic acids is 2. The van der Waals surface area contributed by atoms with Crippen LogP contribution in [0, 0.1) is 11.8 Å². The number of piperidine rings is 1. The van der Waals surface area contributed by atoms with Gasteiger partial charge in [0, 0.05) is 49.4 Å². The highest BCUT2D eigenvalue weighted by Gasteiger charge is 2.21. The molecule has 1 aromatic carbocycles. The van der Waals surface area contributed by atoms with Crippen molar-refractivity contribution >= 4 is 23.3 Å². The maximum absolute atomic E-state index is 13.7. The number of carbonyl (C=O) groups is 2. The molecular formula is C28H24F2N8O2. The van der Waals surface area contributed by atoms with Gasteiger partial charge in [0.25, 0.3) is 5.91 Å². The van der Waals surface area contributed by atoms with Gasteiger partial charge in [-0.3, -0.25) is 9.59 Å². The molecule has 1 aliphatic rings. The van der Waals surface area contributed by atoms with Gasteiger partial charge in [-0.25, -0.2) is 23.9 Å². The van der Waals surface area contributed by atoms with Crippen LogP contribution in [0.15, 0.2) is 67.3 Å². The largest absolute Gasteiger partial charge is 0.341 e. The minimum Gasteiger partial charge on any atom is -0.341 e. The lowest BCUT2D eigenvalue weighted by molar-refractivity contribution is -0.133. The van der Waals surface area contributed by atoms with Crippen LogP contribution in [0.3, 0.4) is 0 Å². The summed E-state index contributed by atoms with van der Waals surface area (Å²) in [5.41, 5.74) is 3.19. The van der Waals surface area contributed by atoms with Crippen molar-refractivity contribution in [2.75, 3.05) is 18.4 Å². The Labute approximate surface area is 227 Å². The monoisotopic (exact) mass is 542 g/mol. The van der Waals surface area contributed by atoms with E-state index in [4.69, 9.17) is 5.10 Å². The van der Waals surface area contributed by atoms with Crippen LogP contribution in [-0.2, 0) is 11.3 Å². The topological polar surface area (TPSA) is 110 Å². The summed E-state index contributed by atoms with van der Waals surface area (Å²) in [5, 5.41) is 7.37. The number of fused-ring (bicyclic) bond motifs is 1. The third-order valence-corrected chi connectivity index (χ3v) is 6.78. The normalized spacial score (nSPS) is 13.7. The number of nitrogens with one attached hydrogen (secondary N) is 1. The van der Waals surface area contributed by atoms with E-state index < -0.39 is 11.9 Å². The van der Waals surface area contributed by atoms with E-state index in [1.165, 1.54) is 28.9 Å². The number of halogens is 2. The summed E-state index contributed by atoms with van der Waals surface area (Å²) >= 11 is 0. The predicted octanol–water partition coefficient (Wildman–Crippen LogP) is 4.20. The fourth-order valence-electron chi connectivity index (χ4n) is 4.77. The quantitative estimate of drug-likeness (QED) is 0.309. The summed E-state index contributed by atoms with van der Waals surface area (Å²) in [6.07, 6.45) is 6.92. The molecule has 10 nitrogen and oxygen atoms in total. The summed E-state index contributed by atoms with van der Waals surface area (Å²) in [4.78, 5) is 39.2. The molecule has 0 aliphatic carbocycles. The van der Waals surface area contributed by atoms with E-state index >= 15 is 0 Å². The van der Waals surface area contributed by atoms with Gasteiger partial charge < -0.3 is 14.8 Å². The zero-order valence-corrected chi connectivity index (χ0v) is 21.3. The van der Waals surface area contributed by atoms with E-state index in [0.29, 0.717) is 47.8 Å². The summed E-state index contributed by atoms with van der Waals surface area (Å²) in [6, 6.07) is 12.1. The van der Waals surface area contributed by atoms with E-state index in [-0.39, 0.29) is 23.1 Å². The SMILES string of the molecule is O=C(Nc1cn2nc(-c3c(-c4ccc(F)cc4)ncn3CCN3CCCCC3=O)ccc2n1)c1ccnc(F)c1. The number of rotatable bonds is 7. The van der Waals surface area contributed by atoms with Crippen molar-refractivity contribution in [2.45, 2.75) is 25.8 Å². The van der Waals surface area contributed by atoms with Gasteiger partial charge in [-0.2, -0.15) is 9.49 Å². The first-order valence-electron chi connectivity index (χ1n) is 12.8. The molecule has 5 heterocycles. The number of anilines is 1. The lowest BCUT2D eigenvalue weighted by Gasteiger charge is -2.27. The van der Waals surface area contributed by atoms with Crippen LogP contribution in [-0.4, -0.2) is 58.9 Å². The molecule has 1 fully saturated rings. The average molecular weight is 543 g/mol. The van der Waals surface area contributed by atoms with Gasteiger partial charge in [0.05, 0.1) is 23.9 Å². The van der Waals surface area contributed by atoms with Crippen molar-refractivity contribution in [3.63, 3.8) is 0 Å². The molecule has 1 aliphatic heterocycles. The Morgan fingerprint density at radius 2 is 1.85 bits per heavy atom. The van der Waals surface area contributed by atoms with Gasteiger partial charge in [0.2, 0.25) is 11.9 Å². The molecule has 40 heavy (non-hydrogen) atoms. The van der Waals surface area contributed by atoms with Crippen molar-refractivity contribution < 1.29 is 18.4 Å². The summed E-state index contributed by atoms with van der Waals surface area (Å²) < 4.78 is 30.5. The minimum absolute atomic E-state index is 0.109. The van der Waals surface area contributed by atoms with Crippen molar-refractivity contribution in [3.05, 3.63) is 84.6 Å². The molecule has 12 heteroatoms. The highest BCUT2D eigenvalue weighted by Crippen LogP contribution is 2.31. The van der Waals surface area contributed by atoms with E-state index in [1.54, 1.807) is 36.8 Å². The van der Waals surface area contributed by atoms with Crippen LogP contribution in [0.1, 0.15) is 29.6 Å². The maximum atomic E-state index is 13.7. The van der Waals surface area contributed by atoms with Crippen LogP contribution in [0.4, 0.5) is 14.6 Å². The number of likely N-dealkylation sites (tertiary alicyclic amines) is 1. The number of pyridine rings is 1. The van der Waals surface area contributed by atoms with Crippen LogP contribution >= 0.6 is 0 Å². The molecule has 202 valence electrons. The smallest absolute Gasteiger partial charge is 0.257 e. The number of benzene rings is 1. The van der Waals surface area contributed by atoms with Crippen molar-refractivity contribution in [1.29, 1.82) is 0 Å². The Bertz CT molecular complexity index is 1710. The average Bonchev–Trinajstić information content (AvgIpc) is 3.56. The highest BCUT2D eigenvalue weighted by atomic mass is 19.1. The molecule has 0 saturated carbocycles. The highest BCUT2D eigenvalue weighted by molar-refractivity contribution is 6.03. The first kappa shape index (κ1) is 25.3. The molecule has 0 bridgehead atoms. The van der Waals surface area contributed by atoms with E-state index in [2.05, 4.69) is 20.3 Å². The third kappa shape index (κ3) is 5.15. The van der Waals surface area contributed by atoms with Gasteiger partial charge in [0.15, 0.2) is 11.5 Å². The third-order valence-electron chi connectivity index (χ3n) is 6.78. The molecule has 4 aromatic heterocycles. The second kappa shape index (κ2) is 10.6. The van der Waals surface area contributed by atoms with Crippen LogP contribution in [0.25, 0.3) is 28.3 Å². The number of hydrogen-bond acceptors (Lipinski definition) is 6. The van der Waals surface area contributed by atoms with Crippen LogP contribution in [0.2, 0.25) is 0 Å². The van der Waals surface area contributed by atoms with Crippen LogP contribution in [0.5, 0.6) is 0 Å². The van der Waals surface area contributed by atoms with Crippen molar-refractivity contribution in [2.24, 2.45) is 0 Å². The van der Waals surface area contributed by atoms with Crippen LogP contribution < -0.4 is 5.32 Å². The maximum Gasteiger partial charge on any atom is 0.257 e. The second-order valence-electron chi connectivity index (χ2n) is 9.45. The van der Waals surface area contributed by atoms with Crippen molar-refractivity contribution in [1.82, 2.24) is 34.0 Å². The van der Waals surface area contributed by atoms with Gasteiger partial charge >= 0.3 is 0 Å². The Hall–Kier alpha value is -5.00. The molecule has 1 N–H and O–H groups in total. The first-order chi connectivity index (χ1) is 19.4. The van der Waals surface area contributed by atoms with E-state index in [0.717, 1.165) is 25.5 Å². The first-order valence-corrected chi connectivity index (χ1v) is 12.8. The molecule has 0 atom stereocenters. The summed E-state index contributed by atoms with van der Waals surface area (Å²) in [7, 11) is 0. The standard InChI is InChI=1S/C28H24F2N8O2/c29-20-6-4-18(5-7-20)26-27(37(17-32-26)14-13-36-12-2-1-3-25(36)39)21-8-9-24-33-23(16-38(24)35-21)34-28(40)19-10-11-31-22(30)15-19/h4-11,15-17H,1-3,12-14H2,(H,34,40). The lowest BCUT2D eigenvalue weighted by atomic mass is 10.1. The molecule has 0 spiro atoms. The molecule has 6 rings (SSSR count). The molecule has 0 radical (unpaired) electrons. The predicted molar refractivity (Wildman–Crippen MR) is 142 cm³/mol. The summed E-state index contributed by atoms with van der Waals surface area (Å²) in [6.45, 7) is 1.76. The van der Waals surface area contributed by atoms with Gasteiger partial charge in [-0.15, -0.1) is 0 Å². The molecular weight excluding hydrogens is 518 g/mol. The van der Waals surface area contributed by atoms with Crippen molar-refractivity contribution in [3.8, 4) is 22.6 Å². The molecule has 1 saturated heterocycles. The van der Waals surface area contributed by atoms with E-state index in [9.17, 15) is 18.4 Å². The minimum atomic E-state index is -0.757. The fourth-order valence-corrected chi connectivity index (χ4v) is 4.77. The molecule has 0 unspecified atom stereocenters. The van der Waals surface area contributed by atoms with Gasteiger partial charge in [-0.05, 0) is 55.3 Å². The number of hydrogen-bond donors (Lipinski definition) is 1. The Balaban J connectivity index is 1.33. The number of aromatic nitrogens is 6. The zero-order valence-electron chi connectivity index (χ0n) is 21.3. The Kier molecular flexibility index (Phi) is 6.72. The molecule has 5 aromatic rings. The number of imidazole rings is 2. The molecule has 2 amide bonds. The second-order valence-corrected chi connectivity index (χ2v) is 9.45. The van der Waals surface area contributed by atoms with E-state index in [1.807, 2.05) is 9.47 Å².